The minimum atomic E-state index is -2.04. The number of amides is 7. The van der Waals surface area contributed by atoms with Crippen molar-refractivity contribution in [3.05, 3.63) is 74.3 Å². The van der Waals surface area contributed by atoms with Crippen molar-refractivity contribution in [3.8, 4) is 11.4 Å². The second-order valence-corrected chi connectivity index (χ2v) is 16.2. The van der Waals surface area contributed by atoms with E-state index in [1.165, 1.54) is 49.6 Å². The number of nitrogens with one attached hydrogen (secondary N) is 5. The fourth-order valence-electron chi connectivity index (χ4n) is 7.72. The molecule has 6 rings (SSSR count). The Bertz CT molecular complexity index is 2560. The van der Waals surface area contributed by atoms with Gasteiger partial charge in [-0.15, -0.1) is 0 Å². The van der Waals surface area contributed by atoms with Crippen LogP contribution in [0.15, 0.2) is 35.1 Å². The minimum absolute atomic E-state index is 0.0386. The maximum atomic E-state index is 14.8. The van der Waals surface area contributed by atoms with E-state index < -0.39 is 83.9 Å². The molecule has 0 saturated carbocycles. The van der Waals surface area contributed by atoms with Crippen LogP contribution in [-0.4, -0.2) is 105 Å². The summed E-state index contributed by atoms with van der Waals surface area (Å²) >= 11 is 0. The van der Waals surface area contributed by atoms with E-state index in [9.17, 15) is 52.6 Å². The van der Waals surface area contributed by atoms with Gasteiger partial charge in [-0.3, -0.25) is 43.3 Å². The first-order valence-corrected chi connectivity index (χ1v) is 21.2. The molecular weight excluding hydrogens is 852 g/mol. The van der Waals surface area contributed by atoms with E-state index >= 15 is 0 Å². The zero-order valence-electron chi connectivity index (χ0n) is 36.6. The van der Waals surface area contributed by atoms with Crippen LogP contribution in [-0.2, 0) is 73.1 Å². The van der Waals surface area contributed by atoms with Gasteiger partial charge in [0.25, 0.3) is 17.4 Å². The van der Waals surface area contributed by atoms with Crippen LogP contribution < -0.4 is 32.1 Å². The van der Waals surface area contributed by atoms with Gasteiger partial charge in [0.15, 0.2) is 5.60 Å². The Morgan fingerprint density at radius 2 is 1.54 bits per heavy atom. The largest absolute Gasteiger partial charge is 0.458 e. The summed E-state index contributed by atoms with van der Waals surface area (Å²) in [6, 6.07) is 1.26. The van der Waals surface area contributed by atoms with E-state index in [1.54, 1.807) is 19.9 Å². The topological polar surface area (TPSA) is 274 Å². The average Bonchev–Trinajstić information content (AvgIpc) is 3.80. The monoisotopic (exact) mass is 902 g/mol. The van der Waals surface area contributed by atoms with Gasteiger partial charge in [0.05, 0.1) is 29.0 Å². The van der Waals surface area contributed by atoms with Crippen LogP contribution in [0.1, 0.15) is 87.6 Å². The number of unbranched alkanes of at least 4 members (excludes halogenated alkanes) is 2. The van der Waals surface area contributed by atoms with E-state index in [0.717, 1.165) is 4.90 Å². The highest BCUT2D eigenvalue weighted by Crippen LogP contribution is 2.40. The van der Waals surface area contributed by atoms with Crippen molar-refractivity contribution >= 4 is 58.2 Å². The summed E-state index contributed by atoms with van der Waals surface area (Å²) in [7, 11) is 0. The zero-order chi connectivity index (χ0) is 47.3. The molecule has 1 aromatic carbocycles. The predicted octanol–water partition coefficient (Wildman–Crippen LogP) is 0.233. The van der Waals surface area contributed by atoms with Gasteiger partial charge >= 0.3 is 5.97 Å². The molecule has 4 atom stereocenters. The molecule has 0 aliphatic carbocycles. The molecule has 65 heavy (non-hydrogen) atoms. The maximum absolute atomic E-state index is 14.8. The highest BCUT2D eigenvalue weighted by Gasteiger charge is 2.45. The molecule has 3 aliphatic rings. The lowest BCUT2D eigenvalue weighted by molar-refractivity contribution is -0.172. The number of carbonyl (C=O) groups is 8. The second kappa shape index (κ2) is 19.9. The summed E-state index contributed by atoms with van der Waals surface area (Å²) in [5.41, 5.74) is 0.0679. The summed E-state index contributed by atoms with van der Waals surface area (Å²) in [6.07, 6.45) is 4.05. The number of benzene rings is 1. The van der Waals surface area contributed by atoms with E-state index in [-0.39, 0.29) is 67.5 Å². The number of halogens is 1. The molecular formula is C44H51FN8O12. The van der Waals surface area contributed by atoms with E-state index in [4.69, 9.17) is 14.5 Å². The van der Waals surface area contributed by atoms with Crippen molar-refractivity contribution in [1.82, 2.24) is 41.0 Å². The molecule has 0 spiro atoms. The molecule has 6 N–H and O–H groups in total. The number of aryl methyl sites for hydroxylation is 1. The van der Waals surface area contributed by atoms with Gasteiger partial charge < -0.3 is 45.7 Å². The number of aromatic nitrogens is 2. The lowest BCUT2D eigenvalue weighted by Gasteiger charge is -2.31. The van der Waals surface area contributed by atoms with Gasteiger partial charge in [-0.25, -0.2) is 14.2 Å². The molecule has 0 fully saturated rings. The van der Waals surface area contributed by atoms with Gasteiger partial charge in [-0.2, -0.15) is 0 Å². The van der Waals surface area contributed by atoms with Gasteiger partial charge in [0.1, 0.15) is 43.9 Å². The number of nitrogens with zero attached hydrogens (tertiary/aromatic N) is 3. The number of hydrogen-bond acceptors (Lipinski definition) is 13. The SMILES string of the molecule is CC[C@@]1(O)C(=O)OCc2c1cc1n(c2=O)Cc2c-1nc1cc(F)c(C)cc1c2CNC(=O)COCNC(=O)[C@H](C)NC(=O)[C@@H](C)NC(=O)[C@H](C)NC(=O)CCCCCN1C(=O)C=CC1=O. The number of imide groups is 1. The van der Waals surface area contributed by atoms with Crippen LogP contribution in [0.3, 0.4) is 0 Å². The highest BCUT2D eigenvalue weighted by atomic mass is 19.1. The van der Waals surface area contributed by atoms with Crippen molar-refractivity contribution in [2.45, 2.75) is 110 Å². The fourth-order valence-corrected chi connectivity index (χ4v) is 7.72. The number of pyridine rings is 2. The Kier molecular flexibility index (Phi) is 14.6. The van der Waals surface area contributed by atoms with Crippen LogP contribution in [0.5, 0.6) is 0 Å². The Balaban J connectivity index is 0.951. The Morgan fingerprint density at radius 3 is 2.22 bits per heavy atom. The summed E-state index contributed by atoms with van der Waals surface area (Å²) in [5, 5.41) is 24.5. The zero-order valence-corrected chi connectivity index (χ0v) is 36.6. The number of rotatable bonds is 19. The van der Waals surface area contributed by atoms with Gasteiger partial charge in [-0.05, 0) is 70.2 Å². The number of hydrogen-bond donors (Lipinski definition) is 6. The third-order valence-corrected chi connectivity index (χ3v) is 11.6. The fraction of sp³-hybridized carbons (Fsp3) is 0.455. The Labute approximate surface area is 371 Å². The normalized spacial score (nSPS) is 17.4. The van der Waals surface area contributed by atoms with Gasteiger partial charge in [0.2, 0.25) is 29.5 Å². The smallest absolute Gasteiger partial charge is 0.343 e. The Morgan fingerprint density at radius 1 is 0.877 bits per heavy atom. The minimum Gasteiger partial charge on any atom is -0.458 e. The standard InChI is InChI=1S/C44H51FN8O12/c1-6-44(63)30-15-33-38-28(18-53(33)42(61)29(30)19-65-43(44)62)27(26-14-22(2)31(45)16-32(26)51-38)17-46-35(55)20-64-21-47-39(58)23(3)49-41(60)25(5)50-40(59)24(4)48-34(54)10-8-7-9-13-52-36(56)11-12-37(52)57/h11-12,14-16,23-25,63H,6-10,13,17-21H2,1-5H3,(H,46,55)(H,47,58)(H,48,54)(H,49,60)(H,50,59)/t23-,24-,25+,44-/m0/s1. The molecule has 0 unspecified atom stereocenters. The third kappa shape index (κ3) is 10.3. The van der Waals surface area contributed by atoms with Crippen LogP contribution in [0, 0.1) is 12.7 Å². The number of fused-ring (bicyclic) bond motifs is 5. The number of aliphatic hydroxyl groups is 1. The average molecular weight is 903 g/mol. The van der Waals surface area contributed by atoms with Crippen molar-refractivity contribution in [3.63, 3.8) is 0 Å². The number of esters is 1. The first kappa shape index (κ1) is 47.6. The van der Waals surface area contributed by atoms with Crippen molar-refractivity contribution in [2.75, 3.05) is 19.9 Å². The van der Waals surface area contributed by atoms with Crippen molar-refractivity contribution in [2.24, 2.45) is 0 Å². The molecule has 20 nitrogen and oxygen atoms in total. The molecule has 0 saturated heterocycles. The van der Waals surface area contributed by atoms with Crippen LogP contribution in [0.2, 0.25) is 0 Å². The third-order valence-electron chi connectivity index (χ3n) is 11.6. The van der Waals surface area contributed by atoms with Crippen LogP contribution in [0.4, 0.5) is 4.39 Å². The first-order chi connectivity index (χ1) is 30.8. The molecule has 3 aliphatic heterocycles. The molecule has 0 radical (unpaired) electrons. The molecule has 5 heterocycles. The van der Waals surface area contributed by atoms with Crippen LogP contribution >= 0.6 is 0 Å². The summed E-state index contributed by atoms with van der Waals surface area (Å²) in [6.45, 7) is 6.42. The molecule has 0 bridgehead atoms. The van der Waals surface area contributed by atoms with E-state index in [0.29, 0.717) is 52.7 Å². The van der Waals surface area contributed by atoms with Gasteiger partial charge in [-0.1, -0.05) is 13.3 Å². The molecule has 2 aromatic heterocycles. The lowest BCUT2D eigenvalue weighted by Crippen LogP contribution is -2.54. The molecule has 21 heteroatoms. The summed E-state index contributed by atoms with van der Waals surface area (Å²) in [5.74, 6) is -5.06. The number of ether oxygens (including phenoxy) is 2. The summed E-state index contributed by atoms with van der Waals surface area (Å²) in [4.78, 5) is 119. The maximum Gasteiger partial charge on any atom is 0.343 e. The second-order valence-electron chi connectivity index (χ2n) is 16.2. The Hall–Kier alpha value is -6.87. The number of cyclic esters (lactones) is 1. The molecule has 7 amide bonds. The van der Waals surface area contributed by atoms with Crippen molar-refractivity contribution < 1.29 is 57.3 Å². The molecule has 346 valence electrons. The van der Waals surface area contributed by atoms with E-state index in [2.05, 4.69) is 26.6 Å². The van der Waals surface area contributed by atoms with E-state index in [1.807, 2.05) is 0 Å². The highest BCUT2D eigenvalue weighted by molar-refractivity contribution is 6.12. The lowest BCUT2D eigenvalue weighted by atomic mass is 9.86. The first-order valence-electron chi connectivity index (χ1n) is 21.2. The predicted molar refractivity (Wildman–Crippen MR) is 227 cm³/mol. The quantitative estimate of drug-likeness (QED) is 0.0319. The summed E-state index contributed by atoms with van der Waals surface area (Å²) < 4.78 is 26.8. The number of carbonyl (C=O) groups excluding carboxylic acids is 8. The van der Waals surface area contributed by atoms with Crippen molar-refractivity contribution in [1.29, 1.82) is 0 Å². The van der Waals surface area contributed by atoms with Gasteiger partial charge in [0, 0.05) is 54.2 Å². The van der Waals surface area contributed by atoms with Crippen LogP contribution in [0.25, 0.3) is 22.3 Å². The molecule has 3 aromatic rings.